The van der Waals surface area contributed by atoms with E-state index >= 15 is 0 Å². The molecule has 0 saturated heterocycles. The molecule has 1 unspecified atom stereocenters. The Morgan fingerprint density at radius 2 is 2.00 bits per heavy atom. The summed E-state index contributed by atoms with van der Waals surface area (Å²) in [6.07, 6.45) is -3.98. The van der Waals surface area contributed by atoms with Crippen LogP contribution in [0, 0.1) is 0 Å². The van der Waals surface area contributed by atoms with Gasteiger partial charge < -0.3 is 15.2 Å². The summed E-state index contributed by atoms with van der Waals surface area (Å²) in [4.78, 5) is 12.0. The van der Waals surface area contributed by atoms with Crippen molar-refractivity contribution in [2.45, 2.75) is 25.2 Å². The maximum atomic E-state index is 12.3. The van der Waals surface area contributed by atoms with E-state index in [-0.39, 0.29) is 5.56 Å². The first-order valence-electron chi connectivity index (χ1n) is 5.98. The summed E-state index contributed by atoms with van der Waals surface area (Å²) >= 11 is 0. The van der Waals surface area contributed by atoms with Gasteiger partial charge in [-0.15, -0.1) is 13.2 Å². The standard InChI is InChI=1S/C13H16F3NO3/c1-19-8-4-6-10(17)12(18)9-5-2-3-7-11(9)20-13(14,15)16/h2-3,5,7,10H,4,6,8,17H2,1H3. The summed E-state index contributed by atoms with van der Waals surface area (Å²) in [6, 6.07) is 4.28. The first-order valence-corrected chi connectivity index (χ1v) is 5.98. The topological polar surface area (TPSA) is 61.5 Å². The molecule has 0 fully saturated rings. The first kappa shape index (κ1) is 16.5. The van der Waals surface area contributed by atoms with Gasteiger partial charge in [-0.05, 0) is 25.0 Å². The van der Waals surface area contributed by atoms with Crippen LogP contribution in [0.15, 0.2) is 24.3 Å². The number of halogens is 3. The maximum absolute atomic E-state index is 12.3. The molecule has 0 aliphatic carbocycles. The fourth-order valence-corrected chi connectivity index (χ4v) is 1.66. The Morgan fingerprint density at radius 1 is 1.35 bits per heavy atom. The quantitative estimate of drug-likeness (QED) is 0.619. The highest BCUT2D eigenvalue weighted by atomic mass is 19.4. The summed E-state index contributed by atoms with van der Waals surface area (Å²) in [5.74, 6) is -1.12. The molecule has 4 nitrogen and oxygen atoms in total. The Balaban J connectivity index is 2.82. The lowest BCUT2D eigenvalue weighted by Gasteiger charge is -2.15. The number of nitrogens with two attached hydrogens (primary N) is 1. The second-order valence-electron chi connectivity index (χ2n) is 4.15. The fraction of sp³-hybridized carbons (Fsp3) is 0.462. The zero-order valence-corrected chi connectivity index (χ0v) is 10.9. The molecule has 0 spiro atoms. The number of hydrogen-bond donors (Lipinski definition) is 1. The van der Waals surface area contributed by atoms with E-state index in [1.165, 1.54) is 25.3 Å². The van der Waals surface area contributed by atoms with Crippen molar-refractivity contribution in [3.8, 4) is 5.75 Å². The molecule has 1 atom stereocenters. The van der Waals surface area contributed by atoms with Gasteiger partial charge in [0.15, 0.2) is 5.78 Å². The number of ketones is 1. The molecule has 0 bridgehead atoms. The molecule has 1 aromatic carbocycles. The minimum atomic E-state index is -4.85. The highest BCUT2D eigenvalue weighted by Crippen LogP contribution is 2.27. The molecule has 0 amide bonds. The number of carbonyl (C=O) groups is 1. The van der Waals surface area contributed by atoms with Gasteiger partial charge in [0, 0.05) is 13.7 Å². The first-order chi connectivity index (χ1) is 9.35. The van der Waals surface area contributed by atoms with E-state index < -0.39 is 23.9 Å². The Hall–Kier alpha value is -1.60. The van der Waals surface area contributed by atoms with Crippen molar-refractivity contribution < 1.29 is 27.4 Å². The average molecular weight is 291 g/mol. The second kappa shape index (κ2) is 7.25. The summed E-state index contributed by atoms with van der Waals surface area (Å²) in [7, 11) is 1.51. The largest absolute Gasteiger partial charge is 0.573 e. The van der Waals surface area contributed by atoms with Crippen molar-refractivity contribution in [1.82, 2.24) is 0 Å². The lowest BCUT2D eigenvalue weighted by Crippen LogP contribution is -2.31. The van der Waals surface area contributed by atoms with Crippen molar-refractivity contribution in [2.24, 2.45) is 5.73 Å². The third kappa shape index (κ3) is 5.18. The predicted octanol–water partition coefficient (Wildman–Crippen LogP) is 2.52. The van der Waals surface area contributed by atoms with Crippen LogP contribution in [0.25, 0.3) is 0 Å². The van der Waals surface area contributed by atoms with Gasteiger partial charge in [0.2, 0.25) is 0 Å². The minimum absolute atomic E-state index is 0.172. The van der Waals surface area contributed by atoms with Crippen LogP contribution in [-0.4, -0.2) is 31.9 Å². The Kier molecular flexibility index (Phi) is 5.97. The molecule has 0 saturated carbocycles. The normalized spacial score (nSPS) is 13.1. The van der Waals surface area contributed by atoms with Crippen LogP contribution >= 0.6 is 0 Å². The number of ether oxygens (including phenoxy) is 2. The molecule has 1 rings (SSSR count). The maximum Gasteiger partial charge on any atom is 0.573 e. The number of carbonyl (C=O) groups excluding carboxylic acids is 1. The Morgan fingerprint density at radius 3 is 2.60 bits per heavy atom. The predicted molar refractivity (Wildman–Crippen MR) is 66.5 cm³/mol. The van der Waals surface area contributed by atoms with E-state index in [4.69, 9.17) is 10.5 Å². The van der Waals surface area contributed by atoms with Gasteiger partial charge in [-0.25, -0.2) is 0 Å². The fourth-order valence-electron chi connectivity index (χ4n) is 1.66. The summed E-state index contributed by atoms with van der Waals surface area (Å²) in [6.45, 7) is 0.432. The van der Waals surface area contributed by atoms with Gasteiger partial charge in [0.05, 0.1) is 11.6 Å². The number of rotatable bonds is 7. The van der Waals surface area contributed by atoms with Gasteiger partial charge in [-0.1, -0.05) is 12.1 Å². The van der Waals surface area contributed by atoms with Crippen molar-refractivity contribution in [1.29, 1.82) is 0 Å². The van der Waals surface area contributed by atoms with E-state index in [0.717, 1.165) is 6.07 Å². The molecule has 0 aliphatic rings. The third-order valence-corrected chi connectivity index (χ3v) is 2.58. The van der Waals surface area contributed by atoms with Crippen LogP contribution in [0.1, 0.15) is 23.2 Å². The monoisotopic (exact) mass is 291 g/mol. The average Bonchev–Trinajstić information content (AvgIpc) is 2.37. The molecule has 2 N–H and O–H groups in total. The van der Waals surface area contributed by atoms with E-state index in [0.29, 0.717) is 19.4 Å². The number of methoxy groups -OCH3 is 1. The summed E-state index contributed by atoms with van der Waals surface area (Å²) < 4.78 is 45.4. The van der Waals surface area contributed by atoms with Gasteiger partial charge in [0.25, 0.3) is 0 Å². The zero-order valence-electron chi connectivity index (χ0n) is 10.9. The van der Waals surface area contributed by atoms with Crippen LogP contribution < -0.4 is 10.5 Å². The lowest BCUT2D eigenvalue weighted by atomic mass is 10.0. The van der Waals surface area contributed by atoms with Gasteiger partial charge in [0.1, 0.15) is 5.75 Å². The Bertz CT molecular complexity index is 449. The molecule has 0 radical (unpaired) electrons. The minimum Gasteiger partial charge on any atom is -0.405 e. The lowest BCUT2D eigenvalue weighted by molar-refractivity contribution is -0.274. The van der Waals surface area contributed by atoms with Crippen LogP contribution in [0.3, 0.4) is 0 Å². The molecular weight excluding hydrogens is 275 g/mol. The van der Waals surface area contributed by atoms with Crippen molar-refractivity contribution in [3.05, 3.63) is 29.8 Å². The number of para-hydroxylation sites is 1. The molecule has 0 aliphatic heterocycles. The molecule has 7 heteroatoms. The van der Waals surface area contributed by atoms with Crippen molar-refractivity contribution in [2.75, 3.05) is 13.7 Å². The second-order valence-corrected chi connectivity index (χ2v) is 4.15. The molecule has 0 heterocycles. The van der Waals surface area contributed by atoms with E-state index in [1.54, 1.807) is 0 Å². The summed E-state index contributed by atoms with van der Waals surface area (Å²) in [5.41, 5.74) is 5.51. The van der Waals surface area contributed by atoms with Gasteiger partial charge in [-0.3, -0.25) is 4.79 Å². The summed E-state index contributed by atoms with van der Waals surface area (Å²) in [5, 5.41) is 0. The highest BCUT2D eigenvalue weighted by Gasteiger charge is 2.33. The van der Waals surface area contributed by atoms with Crippen molar-refractivity contribution >= 4 is 5.78 Å². The molecule has 112 valence electrons. The van der Waals surface area contributed by atoms with Crippen LogP contribution in [0.2, 0.25) is 0 Å². The van der Waals surface area contributed by atoms with Gasteiger partial charge in [-0.2, -0.15) is 0 Å². The van der Waals surface area contributed by atoms with Gasteiger partial charge >= 0.3 is 6.36 Å². The number of Topliss-reactive ketones (excluding diaryl/α,β-unsaturated/α-hetero) is 1. The Labute approximate surface area is 114 Å². The van der Waals surface area contributed by atoms with Crippen LogP contribution in [0.4, 0.5) is 13.2 Å². The van der Waals surface area contributed by atoms with Crippen molar-refractivity contribution in [3.63, 3.8) is 0 Å². The van der Waals surface area contributed by atoms with Crippen LogP contribution in [-0.2, 0) is 4.74 Å². The van der Waals surface area contributed by atoms with E-state index in [1.807, 2.05) is 0 Å². The number of benzene rings is 1. The molecule has 20 heavy (non-hydrogen) atoms. The number of hydrogen-bond acceptors (Lipinski definition) is 4. The highest BCUT2D eigenvalue weighted by molar-refractivity contribution is 6.02. The van der Waals surface area contributed by atoms with Crippen LogP contribution in [0.5, 0.6) is 5.75 Å². The number of alkyl halides is 3. The molecular formula is C13H16F3NO3. The zero-order chi connectivity index (χ0) is 15.2. The third-order valence-electron chi connectivity index (χ3n) is 2.58. The SMILES string of the molecule is COCCCC(N)C(=O)c1ccccc1OC(F)(F)F. The van der Waals surface area contributed by atoms with E-state index in [9.17, 15) is 18.0 Å². The smallest absolute Gasteiger partial charge is 0.405 e. The van der Waals surface area contributed by atoms with E-state index in [2.05, 4.69) is 4.74 Å². The molecule has 0 aromatic heterocycles. The molecule has 1 aromatic rings.